The van der Waals surface area contributed by atoms with E-state index in [0.29, 0.717) is 0 Å². The minimum absolute atomic E-state index is 0.883. The summed E-state index contributed by atoms with van der Waals surface area (Å²) >= 11 is 0. The second-order valence-corrected chi connectivity index (χ2v) is 5.72. The molecule has 114 valence electrons. The topological polar surface area (TPSA) is 57.4 Å². The van der Waals surface area contributed by atoms with Gasteiger partial charge in [-0.05, 0) is 21.5 Å². The number of fused-ring (bicyclic) bond motifs is 2. The summed E-state index contributed by atoms with van der Waals surface area (Å²) in [6.45, 7) is 0. The zero-order valence-corrected chi connectivity index (χ0v) is 12.8. The summed E-state index contributed by atoms with van der Waals surface area (Å²) < 4.78 is 0. The molecule has 0 saturated heterocycles. The molecule has 0 saturated carbocycles. The van der Waals surface area contributed by atoms with Crippen molar-refractivity contribution in [3.05, 3.63) is 73.3 Å². The maximum Gasteiger partial charge on any atom is 0.138 e. The summed E-state index contributed by atoms with van der Waals surface area (Å²) in [5, 5.41) is 4.66. The monoisotopic (exact) mass is 310 g/mol. The number of H-pyrrole nitrogens is 2. The van der Waals surface area contributed by atoms with Crippen LogP contribution >= 0.6 is 0 Å². The van der Waals surface area contributed by atoms with Crippen LogP contribution in [0.2, 0.25) is 0 Å². The fraction of sp³-hybridized carbons (Fsp3) is 0. The molecule has 2 aromatic heterocycles. The van der Waals surface area contributed by atoms with E-state index in [4.69, 9.17) is 0 Å². The normalized spacial score (nSPS) is 11.3. The van der Waals surface area contributed by atoms with Crippen LogP contribution in [0.1, 0.15) is 0 Å². The molecule has 4 heteroatoms. The third kappa shape index (κ3) is 1.80. The van der Waals surface area contributed by atoms with E-state index >= 15 is 0 Å². The summed E-state index contributed by atoms with van der Waals surface area (Å²) in [7, 11) is 0. The molecule has 5 aromatic rings. The van der Waals surface area contributed by atoms with Crippen LogP contribution in [-0.2, 0) is 0 Å². The lowest BCUT2D eigenvalue weighted by atomic mass is 9.91. The van der Waals surface area contributed by atoms with Gasteiger partial charge in [-0.1, -0.05) is 48.5 Å². The van der Waals surface area contributed by atoms with Gasteiger partial charge >= 0.3 is 0 Å². The Labute approximate surface area is 138 Å². The summed E-state index contributed by atoms with van der Waals surface area (Å²) in [5.74, 6) is 1.77. The maximum absolute atomic E-state index is 4.50. The van der Waals surface area contributed by atoms with Gasteiger partial charge in [0.2, 0.25) is 0 Å². The van der Waals surface area contributed by atoms with Crippen LogP contribution in [0, 0.1) is 0 Å². The van der Waals surface area contributed by atoms with Crippen LogP contribution in [0.5, 0.6) is 0 Å². The highest BCUT2D eigenvalue weighted by Crippen LogP contribution is 2.41. The number of hydrogen-bond donors (Lipinski definition) is 2. The zero-order valence-electron chi connectivity index (χ0n) is 12.8. The lowest BCUT2D eigenvalue weighted by Crippen LogP contribution is -1.92. The standard InChI is InChI=1S/C20H14N4/c1-2-6-14-13(5-1)17(19-21-9-10-22-19)15-7-3-4-8-16(15)18(14)20-23-11-12-24-20/h1-12H,(H,21,22)(H,23,24). The van der Waals surface area contributed by atoms with Crippen LogP contribution in [-0.4, -0.2) is 19.9 Å². The van der Waals surface area contributed by atoms with Gasteiger partial charge in [-0.2, -0.15) is 0 Å². The van der Waals surface area contributed by atoms with E-state index in [0.717, 1.165) is 44.3 Å². The molecule has 0 bridgehead atoms. The third-order valence-corrected chi connectivity index (χ3v) is 4.40. The molecule has 0 spiro atoms. The van der Waals surface area contributed by atoms with Crippen molar-refractivity contribution in [2.45, 2.75) is 0 Å². The fourth-order valence-electron chi connectivity index (χ4n) is 3.44. The molecule has 0 aliphatic rings. The highest BCUT2D eigenvalue weighted by atomic mass is 14.9. The fourth-order valence-corrected chi connectivity index (χ4v) is 3.44. The average molecular weight is 310 g/mol. The largest absolute Gasteiger partial charge is 0.345 e. The summed E-state index contributed by atoms with van der Waals surface area (Å²) in [6.07, 6.45) is 7.30. The lowest BCUT2D eigenvalue weighted by molar-refractivity contribution is 1.32. The number of aromatic amines is 2. The van der Waals surface area contributed by atoms with Gasteiger partial charge < -0.3 is 9.97 Å². The number of nitrogens with one attached hydrogen (secondary N) is 2. The number of imidazole rings is 2. The highest BCUT2D eigenvalue weighted by molar-refractivity contribution is 6.20. The van der Waals surface area contributed by atoms with Crippen molar-refractivity contribution in [1.29, 1.82) is 0 Å². The summed E-state index contributed by atoms with van der Waals surface area (Å²) in [6, 6.07) is 16.8. The molecule has 0 aliphatic carbocycles. The van der Waals surface area contributed by atoms with Crippen molar-refractivity contribution in [2.24, 2.45) is 0 Å². The molecule has 2 N–H and O–H groups in total. The molecule has 5 rings (SSSR count). The number of hydrogen-bond acceptors (Lipinski definition) is 2. The van der Waals surface area contributed by atoms with Gasteiger partial charge in [-0.3, -0.25) is 0 Å². The van der Waals surface area contributed by atoms with Gasteiger partial charge in [0.1, 0.15) is 11.6 Å². The smallest absolute Gasteiger partial charge is 0.138 e. The van der Waals surface area contributed by atoms with Crippen molar-refractivity contribution in [3.8, 4) is 22.8 Å². The van der Waals surface area contributed by atoms with Crippen LogP contribution in [0.25, 0.3) is 44.3 Å². The first-order valence-electron chi connectivity index (χ1n) is 7.86. The predicted octanol–water partition coefficient (Wildman–Crippen LogP) is 4.77. The van der Waals surface area contributed by atoms with Gasteiger partial charge in [0, 0.05) is 35.9 Å². The second-order valence-electron chi connectivity index (χ2n) is 5.72. The molecule has 3 aromatic carbocycles. The Hall–Kier alpha value is -3.40. The first-order valence-corrected chi connectivity index (χ1v) is 7.86. The van der Waals surface area contributed by atoms with Crippen molar-refractivity contribution < 1.29 is 0 Å². The Balaban J connectivity index is 2.06. The molecule has 0 radical (unpaired) electrons. The number of benzene rings is 3. The Morgan fingerprint density at radius 1 is 0.542 bits per heavy atom. The number of aromatic nitrogens is 4. The molecule has 4 nitrogen and oxygen atoms in total. The lowest BCUT2D eigenvalue weighted by Gasteiger charge is -2.14. The van der Waals surface area contributed by atoms with E-state index in [1.54, 1.807) is 12.4 Å². The van der Waals surface area contributed by atoms with E-state index in [-0.39, 0.29) is 0 Å². The van der Waals surface area contributed by atoms with Gasteiger partial charge in [0.05, 0.1) is 0 Å². The van der Waals surface area contributed by atoms with Crippen LogP contribution in [0.3, 0.4) is 0 Å². The summed E-state index contributed by atoms with van der Waals surface area (Å²) in [4.78, 5) is 15.5. The average Bonchev–Trinajstić information content (AvgIpc) is 3.33. The minimum atomic E-state index is 0.883. The van der Waals surface area contributed by atoms with Crippen molar-refractivity contribution >= 4 is 21.5 Å². The number of rotatable bonds is 2. The molecular formula is C20H14N4. The van der Waals surface area contributed by atoms with Crippen LogP contribution in [0.4, 0.5) is 0 Å². The molecule has 0 atom stereocenters. The first-order chi connectivity index (χ1) is 11.9. The van der Waals surface area contributed by atoms with E-state index < -0.39 is 0 Å². The molecule has 0 fully saturated rings. The third-order valence-electron chi connectivity index (χ3n) is 4.40. The van der Waals surface area contributed by atoms with Crippen molar-refractivity contribution in [3.63, 3.8) is 0 Å². The van der Waals surface area contributed by atoms with E-state index in [1.807, 2.05) is 12.4 Å². The van der Waals surface area contributed by atoms with E-state index in [9.17, 15) is 0 Å². The molecule has 2 heterocycles. The van der Waals surface area contributed by atoms with Gasteiger partial charge in [-0.25, -0.2) is 9.97 Å². The molecule has 0 unspecified atom stereocenters. The highest BCUT2D eigenvalue weighted by Gasteiger charge is 2.17. The van der Waals surface area contributed by atoms with E-state index in [1.165, 1.54) is 0 Å². The van der Waals surface area contributed by atoms with Gasteiger partial charge in [0.25, 0.3) is 0 Å². The van der Waals surface area contributed by atoms with Crippen LogP contribution < -0.4 is 0 Å². The molecule has 0 amide bonds. The Bertz CT molecular complexity index is 990. The number of nitrogens with zero attached hydrogens (tertiary/aromatic N) is 2. The maximum atomic E-state index is 4.50. The Morgan fingerprint density at radius 3 is 1.21 bits per heavy atom. The van der Waals surface area contributed by atoms with E-state index in [2.05, 4.69) is 68.5 Å². The predicted molar refractivity (Wildman–Crippen MR) is 96.6 cm³/mol. The van der Waals surface area contributed by atoms with Gasteiger partial charge in [0.15, 0.2) is 0 Å². The SMILES string of the molecule is c1ccc2c(-c3ncc[nH]3)c3ccccc3c(-c3ncc[nH]3)c2c1. The Kier molecular flexibility index (Phi) is 2.76. The quantitative estimate of drug-likeness (QED) is 0.461. The minimum Gasteiger partial charge on any atom is -0.345 e. The second kappa shape index (κ2) is 5.06. The van der Waals surface area contributed by atoms with Gasteiger partial charge in [-0.15, -0.1) is 0 Å². The Morgan fingerprint density at radius 2 is 0.917 bits per heavy atom. The zero-order chi connectivity index (χ0) is 15.9. The molecule has 24 heavy (non-hydrogen) atoms. The molecular weight excluding hydrogens is 296 g/mol. The van der Waals surface area contributed by atoms with Crippen molar-refractivity contribution in [2.75, 3.05) is 0 Å². The molecule has 0 aliphatic heterocycles. The first kappa shape index (κ1) is 13.1. The summed E-state index contributed by atoms with van der Waals surface area (Å²) in [5.41, 5.74) is 2.25. The van der Waals surface area contributed by atoms with Crippen molar-refractivity contribution in [1.82, 2.24) is 19.9 Å². The van der Waals surface area contributed by atoms with Crippen LogP contribution in [0.15, 0.2) is 73.3 Å².